The normalized spacial score (nSPS) is 18.2. The van der Waals surface area contributed by atoms with E-state index in [4.69, 9.17) is 0 Å². The maximum atomic E-state index is 12.9. The summed E-state index contributed by atoms with van der Waals surface area (Å²) in [4.78, 5) is 4.89. The highest BCUT2D eigenvalue weighted by Gasteiger charge is 2.17. The summed E-state index contributed by atoms with van der Waals surface area (Å²) in [6, 6.07) is 6.85. The molecule has 1 atom stereocenters. The lowest BCUT2D eigenvalue weighted by Crippen LogP contribution is -2.46. The number of hydrogen-bond donors (Lipinski definition) is 0. The van der Waals surface area contributed by atoms with Gasteiger partial charge in [-0.15, -0.1) is 0 Å². The van der Waals surface area contributed by atoms with Crippen LogP contribution >= 0.6 is 15.9 Å². The van der Waals surface area contributed by atoms with Crippen molar-refractivity contribution in [3.63, 3.8) is 0 Å². The molecule has 0 bridgehead atoms. The van der Waals surface area contributed by atoms with Crippen LogP contribution in [0.3, 0.4) is 0 Å². The molecule has 4 heteroatoms. The smallest absolute Gasteiger partial charge is 0.123 e. The van der Waals surface area contributed by atoms with Crippen LogP contribution in [-0.2, 0) is 0 Å². The number of piperazine rings is 1. The minimum atomic E-state index is -0.159. The summed E-state index contributed by atoms with van der Waals surface area (Å²) in [5, 5.41) is 1.10. The van der Waals surface area contributed by atoms with Crippen molar-refractivity contribution < 1.29 is 4.39 Å². The first-order valence-corrected chi connectivity index (χ1v) is 8.60. The van der Waals surface area contributed by atoms with E-state index in [9.17, 15) is 4.39 Å². The number of benzene rings is 1. The number of anilines is 1. The zero-order valence-electron chi connectivity index (χ0n) is 12.2. The molecule has 1 fully saturated rings. The molecule has 2 rings (SSSR count). The summed E-state index contributed by atoms with van der Waals surface area (Å²) >= 11 is 3.51. The molecule has 1 unspecified atom stereocenters. The molecular formula is C16H24BrFN2. The van der Waals surface area contributed by atoms with Crippen molar-refractivity contribution in [1.82, 2.24) is 4.90 Å². The third-order valence-corrected chi connectivity index (χ3v) is 4.56. The zero-order chi connectivity index (χ0) is 14.4. The third kappa shape index (κ3) is 4.74. The molecule has 0 spiro atoms. The molecule has 1 aliphatic heterocycles. The zero-order valence-corrected chi connectivity index (χ0v) is 13.8. The fraction of sp³-hybridized carbons (Fsp3) is 0.625. The largest absolute Gasteiger partial charge is 0.369 e. The highest BCUT2D eigenvalue weighted by atomic mass is 79.9. The van der Waals surface area contributed by atoms with E-state index in [2.05, 4.69) is 32.7 Å². The third-order valence-electron chi connectivity index (χ3n) is 4.10. The van der Waals surface area contributed by atoms with E-state index in [1.54, 1.807) is 12.1 Å². The molecule has 1 saturated heterocycles. The summed E-state index contributed by atoms with van der Waals surface area (Å²) in [6.45, 7) is 7.83. The summed E-state index contributed by atoms with van der Waals surface area (Å²) in [5.74, 6) is 0.637. The molecule has 0 amide bonds. The topological polar surface area (TPSA) is 6.48 Å². The second-order valence-corrected chi connectivity index (χ2v) is 6.47. The van der Waals surface area contributed by atoms with Gasteiger partial charge in [0.25, 0.3) is 0 Å². The van der Waals surface area contributed by atoms with Gasteiger partial charge in [0.1, 0.15) is 5.82 Å². The van der Waals surface area contributed by atoms with Crippen LogP contribution in [0.5, 0.6) is 0 Å². The summed E-state index contributed by atoms with van der Waals surface area (Å²) < 4.78 is 12.9. The maximum Gasteiger partial charge on any atom is 0.123 e. The van der Waals surface area contributed by atoms with Crippen molar-refractivity contribution in [3.05, 3.63) is 30.1 Å². The molecule has 0 N–H and O–H groups in total. The Labute approximate surface area is 130 Å². The molecule has 0 aromatic heterocycles. The molecule has 0 saturated carbocycles. The van der Waals surface area contributed by atoms with E-state index in [1.165, 1.54) is 19.4 Å². The van der Waals surface area contributed by atoms with Gasteiger partial charge in [0.2, 0.25) is 0 Å². The first kappa shape index (κ1) is 15.8. The summed E-state index contributed by atoms with van der Waals surface area (Å²) in [7, 11) is 0. The Morgan fingerprint density at radius 3 is 2.35 bits per heavy atom. The van der Waals surface area contributed by atoms with E-state index in [-0.39, 0.29) is 5.82 Å². The van der Waals surface area contributed by atoms with E-state index in [0.717, 1.165) is 43.1 Å². The van der Waals surface area contributed by atoms with Crippen LogP contribution in [-0.4, -0.2) is 43.0 Å². The predicted octanol–water partition coefficient (Wildman–Crippen LogP) is 3.76. The highest BCUT2D eigenvalue weighted by molar-refractivity contribution is 9.09. The van der Waals surface area contributed by atoms with Crippen LogP contribution in [0, 0.1) is 11.7 Å². The molecular weight excluding hydrogens is 319 g/mol. The number of alkyl halides is 1. The maximum absolute atomic E-state index is 12.9. The lowest BCUT2D eigenvalue weighted by molar-refractivity contribution is 0.240. The fourth-order valence-electron chi connectivity index (χ4n) is 2.62. The second kappa shape index (κ2) is 7.99. The Morgan fingerprint density at radius 2 is 1.75 bits per heavy atom. The number of hydrogen-bond acceptors (Lipinski definition) is 2. The van der Waals surface area contributed by atoms with Gasteiger partial charge in [-0.3, -0.25) is 4.90 Å². The first-order chi connectivity index (χ1) is 9.69. The van der Waals surface area contributed by atoms with Crippen molar-refractivity contribution in [2.45, 2.75) is 19.8 Å². The minimum Gasteiger partial charge on any atom is -0.369 e. The molecule has 1 heterocycles. The van der Waals surface area contributed by atoms with Crippen LogP contribution in [0.1, 0.15) is 19.8 Å². The Hall–Kier alpha value is -0.610. The average molecular weight is 343 g/mol. The quantitative estimate of drug-likeness (QED) is 0.726. The molecule has 2 nitrogen and oxygen atoms in total. The van der Waals surface area contributed by atoms with Crippen molar-refractivity contribution >= 4 is 21.6 Å². The van der Waals surface area contributed by atoms with Crippen molar-refractivity contribution in [3.8, 4) is 0 Å². The standard InChI is InChI=1S/C16H24BrFN2/c1-14(6-8-17)7-9-19-10-12-20(13-11-19)16-4-2-15(18)3-5-16/h2-5,14H,6-13H2,1H3. The number of rotatable bonds is 6. The molecule has 1 aromatic rings. The Kier molecular flexibility index (Phi) is 6.30. The van der Waals surface area contributed by atoms with E-state index in [0.29, 0.717) is 0 Å². The molecule has 0 aliphatic carbocycles. The van der Waals surface area contributed by atoms with Crippen LogP contribution in [0.25, 0.3) is 0 Å². The van der Waals surface area contributed by atoms with Crippen LogP contribution in [0.15, 0.2) is 24.3 Å². The SMILES string of the molecule is CC(CCBr)CCN1CCN(c2ccc(F)cc2)CC1. The van der Waals surface area contributed by atoms with E-state index in [1.807, 2.05) is 12.1 Å². The molecule has 1 aliphatic rings. The molecule has 20 heavy (non-hydrogen) atoms. The van der Waals surface area contributed by atoms with Crippen molar-refractivity contribution in [1.29, 1.82) is 0 Å². The van der Waals surface area contributed by atoms with Gasteiger partial charge in [0, 0.05) is 37.2 Å². The van der Waals surface area contributed by atoms with Gasteiger partial charge < -0.3 is 4.90 Å². The Balaban J connectivity index is 1.73. The summed E-state index contributed by atoms with van der Waals surface area (Å²) in [5.41, 5.74) is 1.14. The predicted molar refractivity (Wildman–Crippen MR) is 87.2 cm³/mol. The van der Waals surface area contributed by atoms with Gasteiger partial charge in [-0.05, 0) is 49.6 Å². The fourth-order valence-corrected chi connectivity index (χ4v) is 3.40. The van der Waals surface area contributed by atoms with E-state index >= 15 is 0 Å². The summed E-state index contributed by atoms with van der Waals surface area (Å²) in [6.07, 6.45) is 2.54. The second-order valence-electron chi connectivity index (χ2n) is 5.68. The van der Waals surface area contributed by atoms with Crippen LogP contribution in [0.4, 0.5) is 10.1 Å². The van der Waals surface area contributed by atoms with E-state index < -0.39 is 0 Å². The van der Waals surface area contributed by atoms with Gasteiger partial charge in [-0.25, -0.2) is 4.39 Å². The van der Waals surface area contributed by atoms with Crippen LogP contribution < -0.4 is 4.90 Å². The van der Waals surface area contributed by atoms with Crippen molar-refractivity contribution in [2.75, 3.05) is 43.0 Å². The minimum absolute atomic E-state index is 0.159. The van der Waals surface area contributed by atoms with Gasteiger partial charge in [0.05, 0.1) is 0 Å². The number of nitrogens with zero attached hydrogens (tertiary/aromatic N) is 2. The number of halogens is 2. The van der Waals surface area contributed by atoms with Crippen LogP contribution in [0.2, 0.25) is 0 Å². The average Bonchev–Trinajstić information content (AvgIpc) is 2.47. The van der Waals surface area contributed by atoms with Gasteiger partial charge in [0.15, 0.2) is 0 Å². The Morgan fingerprint density at radius 1 is 1.10 bits per heavy atom. The van der Waals surface area contributed by atoms with Gasteiger partial charge >= 0.3 is 0 Å². The lowest BCUT2D eigenvalue weighted by atomic mass is 10.0. The van der Waals surface area contributed by atoms with Gasteiger partial charge in [-0.1, -0.05) is 22.9 Å². The molecule has 1 aromatic carbocycles. The van der Waals surface area contributed by atoms with Crippen molar-refractivity contribution in [2.24, 2.45) is 5.92 Å². The molecule has 0 radical (unpaired) electrons. The highest BCUT2D eigenvalue weighted by Crippen LogP contribution is 2.17. The monoisotopic (exact) mass is 342 g/mol. The lowest BCUT2D eigenvalue weighted by Gasteiger charge is -2.36. The van der Waals surface area contributed by atoms with Gasteiger partial charge in [-0.2, -0.15) is 0 Å². The Bertz CT molecular complexity index is 388. The first-order valence-electron chi connectivity index (χ1n) is 7.48. The molecule has 112 valence electrons.